The number of ether oxygens (including phenoxy) is 1. The SMILES string of the molecule is CCOc1c(C(N)CC)cc(C)cc1C(C)(C)C. The molecule has 0 aliphatic rings. The summed E-state index contributed by atoms with van der Waals surface area (Å²) in [7, 11) is 0. The highest BCUT2D eigenvalue weighted by atomic mass is 16.5. The van der Waals surface area contributed by atoms with Crippen LogP contribution in [0, 0.1) is 6.92 Å². The summed E-state index contributed by atoms with van der Waals surface area (Å²) >= 11 is 0. The maximum atomic E-state index is 6.23. The number of rotatable bonds is 4. The highest BCUT2D eigenvalue weighted by molar-refractivity contribution is 5.49. The van der Waals surface area contributed by atoms with Crippen LogP contribution < -0.4 is 10.5 Å². The van der Waals surface area contributed by atoms with Crippen molar-refractivity contribution >= 4 is 0 Å². The Hall–Kier alpha value is -1.02. The summed E-state index contributed by atoms with van der Waals surface area (Å²) in [5, 5.41) is 0. The third-order valence-electron chi connectivity index (χ3n) is 3.20. The van der Waals surface area contributed by atoms with E-state index in [0.717, 1.165) is 17.7 Å². The first-order valence-electron chi connectivity index (χ1n) is 6.84. The molecule has 1 rings (SSSR count). The molecule has 0 aliphatic carbocycles. The molecule has 1 atom stereocenters. The first-order valence-corrected chi connectivity index (χ1v) is 6.84. The first kappa shape index (κ1) is 15.0. The summed E-state index contributed by atoms with van der Waals surface area (Å²) in [6.45, 7) is 13.6. The molecule has 0 saturated heterocycles. The fourth-order valence-electron chi connectivity index (χ4n) is 2.16. The second kappa shape index (κ2) is 5.75. The van der Waals surface area contributed by atoms with E-state index in [2.05, 4.69) is 46.8 Å². The van der Waals surface area contributed by atoms with Crippen LogP contribution in [0.2, 0.25) is 0 Å². The smallest absolute Gasteiger partial charge is 0.127 e. The second-order valence-electron chi connectivity index (χ2n) is 5.93. The van der Waals surface area contributed by atoms with Gasteiger partial charge in [0.15, 0.2) is 0 Å². The molecule has 0 fully saturated rings. The fourth-order valence-corrected chi connectivity index (χ4v) is 2.16. The molecule has 2 N–H and O–H groups in total. The van der Waals surface area contributed by atoms with Gasteiger partial charge < -0.3 is 10.5 Å². The van der Waals surface area contributed by atoms with E-state index >= 15 is 0 Å². The van der Waals surface area contributed by atoms with Crippen molar-refractivity contribution in [1.82, 2.24) is 0 Å². The minimum atomic E-state index is 0.0487. The van der Waals surface area contributed by atoms with Crippen LogP contribution in [0.25, 0.3) is 0 Å². The highest BCUT2D eigenvalue weighted by Crippen LogP contribution is 2.38. The van der Waals surface area contributed by atoms with Gasteiger partial charge in [0.1, 0.15) is 5.75 Å². The average Bonchev–Trinajstić information content (AvgIpc) is 2.28. The number of benzene rings is 1. The van der Waals surface area contributed by atoms with Gasteiger partial charge in [-0.05, 0) is 25.7 Å². The van der Waals surface area contributed by atoms with Crippen molar-refractivity contribution in [3.8, 4) is 5.75 Å². The van der Waals surface area contributed by atoms with Gasteiger partial charge in [0.25, 0.3) is 0 Å². The van der Waals surface area contributed by atoms with Gasteiger partial charge in [-0.15, -0.1) is 0 Å². The molecule has 0 amide bonds. The van der Waals surface area contributed by atoms with E-state index in [0.29, 0.717) is 6.61 Å². The van der Waals surface area contributed by atoms with Gasteiger partial charge >= 0.3 is 0 Å². The molecule has 1 aromatic carbocycles. The lowest BCUT2D eigenvalue weighted by Crippen LogP contribution is -2.18. The summed E-state index contributed by atoms with van der Waals surface area (Å²) in [5.74, 6) is 0.991. The minimum Gasteiger partial charge on any atom is -0.493 e. The van der Waals surface area contributed by atoms with Crippen molar-refractivity contribution in [2.45, 2.75) is 59.4 Å². The summed E-state index contributed by atoms with van der Waals surface area (Å²) in [5.41, 5.74) is 9.94. The average molecular weight is 249 g/mol. The molecule has 0 spiro atoms. The van der Waals surface area contributed by atoms with Crippen LogP contribution in [-0.4, -0.2) is 6.61 Å². The largest absolute Gasteiger partial charge is 0.493 e. The maximum absolute atomic E-state index is 6.23. The van der Waals surface area contributed by atoms with Gasteiger partial charge in [-0.25, -0.2) is 0 Å². The van der Waals surface area contributed by atoms with Crippen molar-refractivity contribution in [2.24, 2.45) is 5.73 Å². The molecule has 2 nitrogen and oxygen atoms in total. The first-order chi connectivity index (χ1) is 8.31. The van der Waals surface area contributed by atoms with Gasteiger partial charge in [0.05, 0.1) is 6.61 Å². The van der Waals surface area contributed by atoms with E-state index in [1.165, 1.54) is 11.1 Å². The third-order valence-corrected chi connectivity index (χ3v) is 3.20. The zero-order chi connectivity index (χ0) is 13.9. The molecule has 0 saturated carbocycles. The quantitative estimate of drug-likeness (QED) is 0.872. The molecular formula is C16H27NO. The van der Waals surface area contributed by atoms with Gasteiger partial charge in [-0.2, -0.15) is 0 Å². The lowest BCUT2D eigenvalue weighted by molar-refractivity contribution is 0.323. The Balaban J connectivity index is 3.45. The van der Waals surface area contributed by atoms with Crippen LogP contribution in [0.3, 0.4) is 0 Å². The number of aryl methyl sites for hydroxylation is 1. The van der Waals surface area contributed by atoms with Crippen LogP contribution in [0.15, 0.2) is 12.1 Å². The maximum Gasteiger partial charge on any atom is 0.127 e. The molecule has 0 aliphatic heterocycles. The Kier molecular flexibility index (Phi) is 4.80. The predicted molar refractivity (Wildman–Crippen MR) is 78.3 cm³/mol. The number of hydrogen-bond donors (Lipinski definition) is 1. The monoisotopic (exact) mass is 249 g/mol. The summed E-state index contributed by atoms with van der Waals surface area (Å²) in [6.07, 6.45) is 0.924. The molecule has 1 unspecified atom stereocenters. The van der Waals surface area contributed by atoms with Crippen LogP contribution in [0.1, 0.15) is 63.8 Å². The minimum absolute atomic E-state index is 0.0487. The summed E-state index contributed by atoms with van der Waals surface area (Å²) in [4.78, 5) is 0. The molecule has 2 heteroatoms. The molecular weight excluding hydrogens is 222 g/mol. The Bertz CT molecular complexity index is 404. The summed E-state index contributed by atoms with van der Waals surface area (Å²) in [6, 6.07) is 4.43. The van der Waals surface area contributed by atoms with E-state index < -0.39 is 0 Å². The van der Waals surface area contributed by atoms with Gasteiger partial charge in [0.2, 0.25) is 0 Å². The van der Waals surface area contributed by atoms with E-state index in [1.807, 2.05) is 6.92 Å². The van der Waals surface area contributed by atoms with Crippen molar-refractivity contribution < 1.29 is 4.74 Å². The summed E-state index contributed by atoms with van der Waals surface area (Å²) < 4.78 is 5.89. The van der Waals surface area contributed by atoms with Gasteiger partial charge in [-0.1, -0.05) is 45.4 Å². The second-order valence-corrected chi connectivity index (χ2v) is 5.93. The Labute approximate surface area is 112 Å². The number of hydrogen-bond acceptors (Lipinski definition) is 2. The lowest BCUT2D eigenvalue weighted by Gasteiger charge is -2.27. The standard InChI is InChI=1S/C16H27NO/c1-7-14(17)12-9-11(3)10-13(16(4,5)6)15(12)18-8-2/h9-10,14H,7-8,17H2,1-6H3. The molecule has 102 valence electrons. The van der Waals surface area contributed by atoms with Gasteiger partial charge in [-0.3, -0.25) is 0 Å². The molecule has 0 heterocycles. The predicted octanol–water partition coefficient (Wildman–Crippen LogP) is 4.10. The molecule has 0 bridgehead atoms. The zero-order valence-electron chi connectivity index (χ0n) is 12.6. The normalized spacial score (nSPS) is 13.5. The van der Waals surface area contributed by atoms with E-state index in [1.54, 1.807) is 0 Å². The third kappa shape index (κ3) is 3.26. The van der Waals surface area contributed by atoms with E-state index in [4.69, 9.17) is 10.5 Å². The van der Waals surface area contributed by atoms with E-state index in [-0.39, 0.29) is 11.5 Å². The Morgan fingerprint density at radius 2 is 1.83 bits per heavy atom. The molecule has 1 aromatic rings. The van der Waals surface area contributed by atoms with E-state index in [9.17, 15) is 0 Å². The van der Waals surface area contributed by atoms with Crippen molar-refractivity contribution in [2.75, 3.05) is 6.61 Å². The van der Waals surface area contributed by atoms with Crippen LogP contribution >= 0.6 is 0 Å². The zero-order valence-corrected chi connectivity index (χ0v) is 12.6. The van der Waals surface area contributed by atoms with Crippen molar-refractivity contribution in [1.29, 1.82) is 0 Å². The molecule has 0 aromatic heterocycles. The van der Waals surface area contributed by atoms with Crippen molar-refractivity contribution in [3.05, 3.63) is 28.8 Å². The highest BCUT2D eigenvalue weighted by Gasteiger charge is 2.23. The molecule has 0 radical (unpaired) electrons. The van der Waals surface area contributed by atoms with Crippen molar-refractivity contribution in [3.63, 3.8) is 0 Å². The van der Waals surface area contributed by atoms with Crippen LogP contribution in [-0.2, 0) is 5.41 Å². The topological polar surface area (TPSA) is 35.2 Å². The van der Waals surface area contributed by atoms with Crippen LogP contribution in [0.5, 0.6) is 5.75 Å². The Morgan fingerprint density at radius 1 is 1.22 bits per heavy atom. The number of nitrogens with two attached hydrogens (primary N) is 1. The molecule has 18 heavy (non-hydrogen) atoms. The Morgan fingerprint density at radius 3 is 2.28 bits per heavy atom. The lowest BCUT2D eigenvalue weighted by atomic mass is 9.83. The van der Waals surface area contributed by atoms with Crippen LogP contribution in [0.4, 0.5) is 0 Å². The fraction of sp³-hybridized carbons (Fsp3) is 0.625. The van der Waals surface area contributed by atoms with Gasteiger partial charge in [0, 0.05) is 17.2 Å².